The summed E-state index contributed by atoms with van der Waals surface area (Å²) in [6.07, 6.45) is 0. The summed E-state index contributed by atoms with van der Waals surface area (Å²) in [6, 6.07) is 11.4. The van der Waals surface area contributed by atoms with Crippen LogP contribution in [0.3, 0.4) is 0 Å². The van der Waals surface area contributed by atoms with Crippen molar-refractivity contribution in [1.29, 1.82) is 0 Å². The lowest BCUT2D eigenvalue weighted by molar-refractivity contribution is 0.105. The molecule has 3 N–H and O–H groups in total. The predicted molar refractivity (Wildman–Crippen MR) is 78.9 cm³/mol. The Morgan fingerprint density at radius 2 is 1.90 bits per heavy atom. The van der Waals surface area contributed by atoms with Crippen molar-refractivity contribution in [2.45, 2.75) is 13.2 Å². The average Bonchev–Trinajstić information content (AvgIpc) is 2.50. The quantitative estimate of drug-likeness (QED) is 0.385. The van der Waals surface area contributed by atoms with Gasteiger partial charge < -0.3 is 15.7 Å². The molecule has 0 radical (unpaired) electrons. The minimum atomic E-state index is -0.300. The number of oxime groups is 1. The van der Waals surface area contributed by atoms with Gasteiger partial charge >= 0.3 is 0 Å². The zero-order chi connectivity index (χ0) is 15.2. The third-order valence-corrected chi connectivity index (χ3v) is 3.28. The highest BCUT2D eigenvalue weighted by Crippen LogP contribution is 2.19. The first-order chi connectivity index (χ1) is 10.1. The van der Waals surface area contributed by atoms with Crippen molar-refractivity contribution in [2.24, 2.45) is 10.9 Å². The molecule has 0 aliphatic carbocycles. The first-order valence-electron chi connectivity index (χ1n) is 6.19. The number of nitrogens with zero attached hydrogens (tertiary/aromatic N) is 1. The number of amidine groups is 1. The molecule has 0 heterocycles. The highest BCUT2D eigenvalue weighted by Gasteiger charge is 2.06. The van der Waals surface area contributed by atoms with Crippen LogP contribution in [-0.4, -0.2) is 11.0 Å². The Balaban J connectivity index is 1.99. The van der Waals surface area contributed by atoms with E-state index < -0.39 is 0 Å². The summed E-state index contributed by atoms with van der Waals surface area (Å²) in [6.45, 7) is 0.397. The standard InChI is InChI=1S/C15H14ClFN2O2/c16-13-7-10(15(18)19-20)5-6-11(13)8-21-9-12-3-1-2-4-14(12)17/h1-7,20H,8-9H2,(H2,18,19). The van der Waals surface area contributed by atoms with Gasteiger partial charge in [-0.2, -0.15) is 0 Å². The van der Waals surface area contributed by atoms with Crippen molar-refractivity contribution >= 4 is 17.4 Å². The number of ether oxygens (including phenoxy) is 1. The van der Waals surface area contributed by atoms with E-state index in [4.69, 9.17) is 27.3 Å². The van der Waals surface area contributed by atoms with Crippen LogP contribution < -0.4 is 5.73 Å². The summed E-state index contributed by atoms with van der Waals surface area (Å²) >= 11 is 6.10. The lowest BCUT2D eigenvalue weighted by Gasteiger charge is -2.08. The van der Waals surface area contributed by atoms with Gasteiger partial charge in [-0.05, 0) is 17.7 Å². The van der Waals surface area contributed by atoms with E-state index >= 15 is 0 Å². The highest BCUT2D eigenvalue weighted by molar-refractivity contribution is 6.31. The Hall–Kier alpha value is -2.11. The van der Waals surface area contributed by atoms with Crippen LogP contribution in [0.5, 0.6) is 0 Å². The number of benzene rings is 2. The summed E-state index contributed by atoms with van der Waals surface area (Å²) in [4.78, 5) is 0. The molecule has 0 bridgehead atoms. The van der Waals surface area contributed by atoms with Crippen molar-refractivity contribution < 1.29 is 14.3 Å². The maximum absolute atomic E-state index is 13.4. The summed E-state index contributed by atoms with van der Waals surface area (Å²) in [5.41, 5.74) is 7.21. The molecule has 0 saturated carbocycles. The molecule has 0 saturated heterocycles. The topological polar surface area (TPSA) is 67.8 Å². The normalized spacial score (nSPS) is 11.6. The number of rotatable bonds is 5. The molecule has 0 spiro atoms. The van der Waals surface area contributed by atoms with Gasteiger partial charge in [0.15, 0.2) is 5.84 Å². The van der Waals surface area contributed by atoms with Crippen LogP contribution in [-0.2, 0) is 18.0 Å². The first-order valence-corrected chi connectivity index (χ1v) is 6.57. The van der Waals surface area contributed by atoms with Gasteiger partial charge in [0, 0.05) is 16.1 Å². The van der Waals surface area contributed by atoms with Crippen molar-refractivity contribution in [3.05, 3.63) is 70.0 Å². The number of halogens is 2. The minimum absolute atomic E-state index is 0.0178. The van der Waals surface area contributed by atoms with Crippen LogP contribution in [0.25, 0.3) is 0 Å². The molecule has 0 atom stereocenters. The summed E-state index contributed by atoms with van der Waals surface area (Å²) in [5.74, 6) is -0.318. The van der Waals surface area contributed by atoms with E-state index in [2.05, 4.69) is 5.16 Å². The monoisotopic (exact) mass is 308 g/mol. The average molecular weight is 309 g/mol. The van der Waals surface area contributed by atoms with E-state index in [-0.39, 0.29) is 24.9 Å². The second-order valence-corrected chi connectivity index (χ2v) is 4.78. The van der Waals surface area contributed by atoms with Gasteiger partial charge in [-0.1, -0.05) is 47.1 Å². The van der Waals surface area contributed by atoms with Crippen LogP contribution in [0.15, 0.2) is 47.6 Å². The fraction of sp³-hybridized carbons (Fsp3) is 0.133. The molecule has 0 amide bonds. The van der Waals surface area contributed by atoms with E-state index in [0.29, 0.717) is 16.1 Å². The van der Waals surface area contributed by atoms with E-state index in [9.17, 15) is 4.39 Å². The zero-order valence-corrected chi connectivity index (χ0v) is 11.8. The fourth-order valence-corrected chi connectivity index (χ4v) is 2.00. The summed E-state index contributed by atoms with van der Waals surface area (Å²) in [5, 5.41) is 11.9. The number of nitrogens with two attached hydrogens (primary N) is 1. The van der Waals surface area contributed by atoms with Crippen LogP contribution >= 0.6 is 11.6 Å². The van der Waals surface area contributed by atoms with E-state index in [0.717, 1.165) is 5.56 Å². The number of hydrogen-bond donors (Lipinski definition) is 2. The van der Waals surface area contributed by atoms with Gasteiger partial charge in [0.2, 0.25) is 0 Å². The van der Waals surface area contributed by atoms with Crippen LogP contribution in [0.4, 0.5) is 4.39 Å². The lowest BCUT2D eigenvalue weighted by Crippen LogP contribution is -2.13. The summed E-state index contributed by atoms with van der Waals surface area (Å²) < 4.78 is 18.9. The van der Waals surface area contributed by atoms with E-state index in [1.165, 1.54) is 6.07 Å². The second kappa shape index (κ2) is 7.06. The molecule has 4 nitrogen and oxygen atoms in total. The Morgan fingerprint density at radius 3 is 2.57 bits per heavy atom. The first kappa shape index (κ1) is 15.3. The Kier molecular flexibility index (Phi) is 5.14. The molecular formula is C15H14ClFN2O2. The molecule has 110 valence electrons. The third kappa shape index (κ3) is 3.93. The lowest BCUT2D eigenvalue weighted by atomic mass is 10.1. The van der Waals surface area contributed by atoms with Gasteiger partial charge in [-0.15, -0.1) is 0 Å². The minimum Gasteiger partial charge on any atom is -0.409 e. The molecule has 0 aliphatic heterocycles. The Labute approximate surface area is 126 Å². The Morgan fingerprint density at radius 1 is 1.19 bits per heavy atom. The van der Waals surface area contributed by atoms with Gasteiger partial charge in [0.1, 0.15) is 5.82 Å². The van der Waals surface area contributed by atoms with Crippen molar-refractivity contribution in [1.82, 2.24) is 0 Å². The molecule has 0 fully saturated rings. The van der Waals surface area contributed by atoms with E-state index in [1.54, 1.807) is 36.4 Å². The largest absolute Gasteiger partial charge is 0.409 e. The maximum Gasteiger partial charge on any atom is 0.170 e. The summed E-state index contributed by atoms with van der Waals surface area (Å²) in [7, 11) is 0. The van der Waals surface area contributed by atoms with Crippen molar-refractivity contribution in [2.75, 3.05) is 0 Å². The van der Waals surface area contributed by atoms with Gasteiger partial charge in [0.05, 0.1) is 13.2 Å². The zero-order valence-electron chi connectivity index (χ0n) is 11.1. The molecule has 6 heteroatoms. The highest BCUT2D eigenvalue weighted by atomic mass is 35.5. The van der Waals surface area contributed by atoms with Crippen LogP contribution in [0.2, 0.25) is 5.02 Å². The predicted octanol–water partition coefficient (Wildman–Crippen LogP) is 3.29. The molecule has 2 aromatic rings. The Bertz CT molecular complexity index is 662. The third-order valence-electron chi connectivity index (χ3n) is 2.93. The van der Waals surface area contributed by atoms with E-state index in [1.807, 2.05) is 0 Å². The molecular weight excluding hydrogens is 295 g/mol. The van der Waals surface area contributed by atoms with Crippen LogP contribution in [0.1, 0.15) is 16.7 Å². The molecule has 0 unspecified atom stereocenters. The van der Waals surface area contributed by atoms with Gasteiger partial charge in [-0.25, -0.2) is 4.39 Å². The molecule has 0 aromatic heterocycles. The van der Waals surface area contributed by atoms with Crippen LogP contribution in [0, 0.1) is 5.82 Å². The van der Waals surface area contributed by atoms with Gasteiger partial charge in [-0.3, -0.25) is 0 Å². The second-order valence-electron chi connectivity index (χ2n) is 4.38. The number of hydrogen-bond acceptors (Lipinski definition) is 3. The van der Waals surface area contributed by atoms with Crippen molar-refractivity contribution in [3.63, 3.8) is 0 Å². The molecule has 2 aromatic carbocycles. The fourth-order valence-electron chi connectivity index (χ4n) is 1.77. The van der Waals surface area contributed by atoms with Gasteiger partial charge in [0.25, 0.3) is 0 Å². The SMILES string of the molecule is N/C(=N/O)c1ccc(COCc2ccccc2F)c(Cl)c1. The molecule has 2 rings (SSSR count). The maximum atomic E-state index is 13.4. The van der Waals surface area contributed by atoms with Crippen molar-refractivity contribution in [3.8, 4) is 0 Å². The molecule has 0 aliphatic rings. The molecule has 21 heavy (non-hydrogen) atoms. The smallest absolute Gasteiger partial charge is 0.170 e.